The SMILES string of the molecule is CCNc1cc(C(=O)N[C@@H](Cc2ccccc2)[C@@H](O)CNCc2ccc(F)c(OC)c2)cc(N2CCCC2=O)c1. The van der Waals surface area contributed by atoms with Crippen molar-refractivity contribution in [2.45, 2.75) is 44.9 Å². The zero-order valence-corrected chi connectivity index (χ0v) is 23.0. The number of nitrogens with one attached hydrogen (secondary N) is 3. The maximum Gasteiger partial charge on any atom is 0.251 e. The zero-order valence-electron chi connectivity index (χ0n) is 23.0. The fraction of sp³-hybridized carbons (Fsp3) is 0.355. The molecule has 2 atom stereocenters. The Morgan fingerprint density at radius 3 is 2.60 bits per heavy atom. The highest BCUT2D eigenvalue weighted by Gasteiger charge is 2.26. The lowest BCUT2D eigenvalue weighted by molar-refractivity contribution is -0.117. The second-order valence-corrected chi connectivity index (χ2v) is 9.88. The highest BCUT2D eigenvalue weighted by Crippen LogP contribution is 2.27. The number of methoxy groups -OCH3 is 1. The number of nitrogens with zero attached hydrogens (tertiary/aromatic N) is 1. The number of benzene rings is 3. The van der Waals surface area contributed by atoms with Gasteiger partial charge in [-0.2, -0.15) is 0 Å². The molecule has 0 aliphatic carbocycles. The highest BCUT2D eigenvalue weighted by atomic mass is 19.1. The van der Waals surface area contributed by atoms with Crippen molar-refractivity contribution in [1.82, 2.24) is 10.6 Å². The Bertz CT molecular complexity index is 1300. The Labute approximate surface area is 234 Å². The molecule has 9 heteroatoms. The van der Waals surface area contributed by atoms with Crippen LogP contribution in [0.3, 0.4) is 0 Å². The van der Waals surface area contributed by atoms with Crippen LogP contribution in [-0.2, 0) is 17.8 Å². The molecule has 0 aromatic heterocycles. The van der Waals surface area contributed by atoms with Gasteiger partial charge in [-0.3, -0.25) is 9.59 Å². The third kappa shape index (κ3) is 7.58. The van der Waals surface area contributed by atoms with Gasteiger partial charge >= 0.3 is 0 Å². The number of hydrogen-bond donors (Lipinski definition) is 4. The number of ether oxygens (including phenoxy) is 1. The van der Waals surface area contributed by atoms with Crippen molar-refractivity contribution in [2.24, 2.45) is 0 Å². The molecule has 1 saturated heterocycles. The number of aliphatic hydroxyl groups is 1. The second-order valence-electron chi connectivity index (χ2n) is 9.88. The Balaban J connectivity index is 1.49. The van der Waals surface area contributed by atoms with Crippen LogP contribution >= 0.6 is 0 Å². The van der Waals surface area contributed by atoms with Gasteiger partial charge in [0.25, 0.3) is 5.91 Å². The molecule has 0 spiro atoms. The van der Waals surface area contributed by atoms with Gasteiger partial charge in [0, 0.05) is 49.5 Å². The van der Waals surface area contributed by atoms with E-state index in [0.717, 1.165) is 23.2 Å². The number of carbonyl (C=O) groups excluding carboxylic acids is 2. The van der Waals surface area contributed by atoms with Crippen LogP contribution in [0.4, 0.5) is 15.8 Å². The van der Waals surface area contributed by atoms with E-state index in [0.29, 0.717) is 43.7 Å². The summed E-state index contributed by atoms with van der Waals surface area (Å²) in [5, 5.41) is 20.6. The third-order valence-corrected chi connectivity index (χ3v) is 6.92. The van der Waals surface area contributed by atoms with E-state index >= 15 is 0 Å². The largest absolute Gasteiger partial charge is 0.494 e. The van der Waals surface area contributed by atoms with E-state index in [1.165, 1.54) is 13.2 Å². The van der Waals surface area contributed by atoms with Gasteiger partial charge in [-0.25, -0.2) is 4.39 Å². The summed E-state index contributed by atoms with van der Waals surface area (Å²) in [6, 6.07) is 19.0. The summed E-state index contributed by atoms with van der Waals surface area (Å²) in [7, 11) is 1.41. The molecule has 3 aromatic carbocycles. The van der Waals surface area contributed by atoms with Crippen LogP contribution < -0.4 is 25.6 Å². The highest BCUT2D eigenvalue weighted by molar-refractivity contribution is 6.00. The number of hydrogen-bond acceptors (Lipinski definition) is 6. The summed E-state index contributed by atoms with van der Waals surface area (Å²) in [4.78, 5) is 27.6. The first-order chi connectivity index (χ1) is 19.4. The second kappa shape index (κ2) is 13.9. The summed E-state index contributed by atoms with van der Waals surface area (Å²) in [6.45, 7) is 3.84. The smallest absolute Gasteiger partial charge is 0.251 e. The summed E-state index contributed by atoms with van der Waals surface area (Å²) < 4.78 is 18.8. The summed E-state index contributed by atoms with van der Waals surface area (Å²) in [6.07, 6.45) is 0.790. The molecule has 0 unspecified atom stereocenters. The van der Waals surface area contributed by atoms with Gasteiger partial charge in [0.1, 0.15) is 0 Å². The van der Waals surface area contributed by atoms with E-state index in [2.05, 4.69) is 16.0 Å². The minimum absolute atomic E-state index is 0.0437. The standard InChI is InChI=1S/C31H37FN4O4/c1-3-34-24-16-23(17-25(18-24)36-13-7-10-30(36)38)31(39)35-27(14-21-8-5-4-6-9-21)28(37)20-33-19-22-11-12-26(32)29(15-22)40-2/h4-6,8-9,11-12,15-18,27-28,33-34,37H,3,7,10,13-14,19-20H2,1-2H3,(H,35,39)/t27-,28-/m0/s1. The molecule has 212 valence electrons. The van der Waals surface area contributed by atoms with Gasteiger partial charge in [0.2, 0.25) is 5.91 Å². The molecule has 0 radical (unpaired) electrons. The molecule has 1 fully saturated rings. The first-order valence-corrected chi connectivity index (χ1v) is 13.6. The molecule has 40 heavy (non-hydrogen) atoms. The lowest BCUT2D eigenvalue weighted by atomic mass is 10.00. The van der Waals surface area contributed by atoms with Crippen molar-refractivity contribution in [3.05, 3.63) is 89.2 Å². The van der Waals surface area contributed by atoms with Gasteiger partial charge < -0.3 is 30.7 Å². The summed E-state index contributed by atoms with van der Waals surface area (Å²) >= 11 is 0. The first-order valence-electron chi connectivity index (χ1n) is 13.6. The van der Waals surface area contributed by atoms with E-state index < -0.39 is 18.0 Å². The maximum atomic E-state index is 13.7. The molecule has 1 aliphatic rings. The Morgan fingerprint density at radius 2 is 1.90 bits per heavy atom. The molecule has 1 aliphatic heterocycles. The minimum atomic E-state index is -0.914. The molecule has 1 heterocycles. The molecule has 0 saturated carbocycles. The van der Waals surface area contributed by atoms with E-state index in [9.17, 15) is 19.1 Å². The van der Waals surface area contributed by atoms with Crippen molar-refractivity contribution in [3.63, 3.8) is 0 Å². The monoisotopic (exact) mass is 548 g/mol. The van der Waals surface area contributed by atoms with Gasteiger partial charge in [-0.1, -0.05) is 36.4 Å². The van der Waals surface area contributed by atoms with Gasteiger partial charge in [-0.15, -0.1) is 0 Å². The van der Waals surface area contributed by atoms with Gasteiger partial charge in [0.05, 0.1) is 19.3 Å². The lowest BCUT2D eigenvalue weighted by Gasteiger charge is -2.25. The summed E-state index contributed by atoms with van der Waals surface area (Å²) in [5.74, 6) is -0.575. The number of amides is 2. The summed E-state index contributed by atoms with van der Waals surface area (Å²) in [5.41, 5.74) is 3.62. The predicted octanol–water partition coefficient (Wildman–Crippen LogP) is 3.88. The first kappa shape index (κ1) is 29.0. The molecular weight excluding hydrogens is 511 g/mol. The third-order valence-electron chi connectivity index (χ3n) is 6.92. The van der Waals surface area contributed by atoms with Crippen LogP contribution in [0, 0.1) is 5.82 Å². The number of carbonyl (C=O) groups is 2. The van der Waals surface area contributed by atoms with Crippen LogP contribution in [0.25, 0.3) is 0 Å². The zero-order chi connectivity index (χ0) is 28.5. The number of aliphatic hydroxyl groups excluding tert-OH is 1. The van der Waals surface area contributed by atoms with E-state index in [4.69, 9.17) is 4.74 Å². The minimum Gasteiger partial charge on any atom is -0.494 e. The molecule has 8 nitrogen and oxygen atoms in total. The Kier molecular flexibility index (Phi) is 10.1. The molecule has 3 aromatic rings. The quantitative estimate of drug-likeness (QED) is 0.259. The van der Waals surface area contributed by atoms with Crippen molar-refractivity contribution in [2.75, 3.05) is 37.0 Å². The van der Waals surface area contributed by atoms with Crippen LogP contribution in [0.2, 0.25) is 0 Å². The fourth-order valence-corrected chi connectivity index (χ4v) is 4.85. The van der Waals surface area contributed by atoms with Crippen molar-refractivity contribution in [3.8, 4) is 5.75 Å². The predicted molar refractivity (Wildman–Crippen MR) is 154 cm³/mol. The van der Waals surface area contributed by atoms with Crippen LogP contribution in [-0.4, -0.2) is 55.8 Å². The maximum absolute atomic E-state index is 13.7. The van der Waals surface area contributed by atoms with E-state index in [1.54, 1.807) is 29.2 Å². The van der Waals surface area contributed by atoms with Crippen molar-refractivity contribution < 1.29 is 23.8 Å². The molecular formula is C31H37FN4O4. The molecule has 2 amide bonds. The van der Waals surface area contributed by atoms with Crippen LogP contribution in [0.1, 0.15) is 41.3 Å². The normalized spacial score (nSPS) is 14.6. The lowest BCUT2D eigenvalue weighted by Crippen LogP contribution is -2.48. The van der Waals surface area contributed by atoms with Gasteiger partial charge in [0.15, 0.2) is 11.6 Å². The van der Waals surface area contributed by atoms with E-state index in [1.807, 2.05) is 43.3 Å². The number of rotatable bonds is 13. The van der Waals surface area contributed by atoms with Crippen molar-refractivity contribution >= 4 is 23.2 Å². The van der Waals surface area contributed by atoms with Crippen LogP contribution in [0.15, 0.2) is 66.7 Å². The van der Waals surface area contributed by atoms with Crippen LogP contribution in [0.5, 0.6) is 5.75 Å². The van der Waals surface area contributed by atoms with Crippen molar-refractivity contribution in [1.29, 1.82) is 0 Å². The topological polar surface area (TPSA) is 103 Å². The number of halogens is 1. The van der Waals surface area contributed by atoms with E-state index in [-0.39, 0.29) is 24.1 Å². The Morgan fingerprint density at radius 1 is 1.10 bits per heavy atom. The fourth-order valence-electron chi connectivity index (χ4n) is 4.85. The molecule has 4 N–H and O–H groups in total. The molecule has 4 rings (SSSR count). The van der Waals surface area contributed by atoms with Gasteiger partial charge in [-0.05, 0) is 61.2 Å². The molecule has 0 bridgehead atoms. The number of anilines is 2. The average Bonchev–Trinajstić information content (AvgIpc) is 3.39. The average molecular weight is 549 g/mol. The Hall–Kier alpha value is -3.95.